The van der Waals surface area contributed by atoms with E-state index in [1.807, 2.05) is 30.3 Å². The molecule has 0 fully saturated rings. The molecule has 0 radical (unpaired) electrons. The Hall–Kier alpha value is -0.340. The van der Waals surface area contributed by atoms with E-state index in [1.54, 1.807) is 0 Å². The van der Waals surface area contributed by atoms with E-state index in [-0.39, 0.29) is 0 Å². The maximum absolute atomic E-state index is 5.53. The van der Waals surface area contributed by atoms with Gasteiger partial charge in [-0.05, 0) is 25.0 Å². The van der Waals surface area contributed by atoms with Gasteiger partial charge in [0, 0.05) is 17.7 Å². The molecule has 0 aliphatic rings. The predicted octanol–water partition coefficient (Wildman–Crippen LogP) is 6.61. The van der Waals surface area contributed by atoms with Gasteiger partial charge in [-0.15, -0.1) is 0 Å². The lowest BCUT2D eigenvalue weighted by Crippen LogP contribution is -1.96. The number of benzene rings is 1. The van der Waals surface area contributed by atoms with Crippen molar-refractivity contribution in [1.29, 1.82) is 0 Å². The van der Waals surface area contributed by atoms with Crippen LogP contribution in [0, 0.1) is 0 Å². The topological polar surface area (TPSA) is 9.23 Å². The van der Waals surface area contributed by atoms with Crippen LogP contribution < -0.4 is 0 Å². The molecule has 1 aromatic carbocycles. The second-order valence-corrected chi connectivity index (χ2v) is 5.94. The van der Waals surface area contributed by atoms with Gasteiger partial charge < -0.3 is 4.74 Å². The highest BCUT2D eigenvalue weighted by Crippen LogP contribution is 2.05. The molecule has 0 aromatic heterocycles. The molecule has 0 unspecified atom stereocenters. The second kappa shape index (κ2) is 16.7. The van der Waals surface area contributed by atoms with Gasteiger partial charge in [-0.2, -0.15) is 0 Å². The summed E-state index contributed by atoms with van der Waals surface area (Å²) < 4.78 is 6.66. The summed E-state index contributed by atoms with van der Waals surface area (Å²) in [6, 6.07) is 9.97. The minimum atomic E-state index is 0.978. The van der Waals surface area contributed by atoms with Crippen LogP contribution in [0.3, 0.4) is 0 Å². The van der Waals surface area contributed by atoms with Gasteiger partial charge in [0.1, 0.15) is 0 Å². The molecule has 0 amide bonds. The monoisotopic (exact) mass is 342 g/mol. The van der Waals surface area contributed by atoms with Crippen molar-refractivity contribution in [2.75, 3.05) is 13.2 Å². The molecule has 0 spiro atoms. The third kappa shape index (κ3) is 15.7. The third-order valence-corrected chi connectivity index (χ3v) is 3.55. The molecule has 1 nitrogen and oxygen atoms in total. The van der Waals surface area contributed by atoms with E-state index < -0.39 is 0 Å². The van der Waals surface area contributed by atoms with Crippen molar-refractivity contribution in [2.24, 2.45) is 0 Å². The van der Waals surface area contributed by atoms with Crippen LogP contribution in [0.1, 0.15) is 65.2 Å². The fourth-order valence-corrected chi connectivity index (χ4v) is 2.08. The summed E-state index contributed by atoms with van der Waals surface area (Å²) in [5.41, 5.74) is 0. The number of ether oxygens (including phenoxy) is 1. The second-order valence-electron chi connectivity index (χ2n) is 5.03. The van der Waals surface area contributed by atoms with E-state index in [1.165, 1.54) is 51.4 Å². The molecule has 1 aromatic rings. The van der Waals surface area contributed by atoms with Gasteiger partial charge in [-0.25, -0.2) is 0 Å². The van der Waals surface area contributed by atoms with Crippen molar-refractivity contribution in [2.45, 2.75) is 65.2 Å². The summed E-state index contributed by atoms with van der Waals surface area (Å²) in [7, 11) is 0. The fourth-order valence-electron chi connectivity index (χ4n) is 1.78. The molecule has 0 atom stereocenters. The summed E-state index contributed by atoms with van der Waals surface area (Å²) in [5.74, 6) is 0. The highest BCUT2D eigenvalue weighted by atomic mass is 79.9. The summed E-state index contributed by atoms with van der Waals surface area (Å²) in [5, 5.41) is 0. The molecule has 20 heavy (non-hydrogen) atoms. The molecule has 0 saturated carbocycles. The van der Waals surface area contributed by atoms with Gasteiger partial charge in [-0.1, -0.05) is 86.5 Å². The zero-order valence-electron chi connectivity index (χ0n) is 13.2. The van der Waals surface area contributed by atoms with Crippen LogP contribution in [-0.2, 0) is 4.74 Å². The van der Waals surface area contributed by atoms with E-state index in [0.717, 1.165) is 17.7 Å². The molecule has 0 heterocycles. The molecular formula is C18H31BrO. The molecule has 116 valence electrons. The van der Waals surface area contributed by atoms with Gasteiger partial charge in [0.25, 0.3) is 0 Å². The third-order valence-electron chi connectivity index (χ3n) is 3.02. The Morgan fingerprint density at radius 2 is 1.25 bits per heavy atom. The molecule has 1 rings (SSSR count). The van der Waals surface area contributed by atoms with Crippen LogP contribution in [-0.4, -0.2) is 13.2 Å². The number of hydrogen-bond acceptors (Lipinski definition) is 1. The Balaban J connectivity index is 0.000000428. The summed E-state index contributed by atoms with van der Waals surface area (Å²) in [6.07, 6.45) is 10.5. The first-order chi connectivity index (χ1) is 9.81. The summed E-state index contributed by atoms with van der Waals surface area (Å²) in [6.45, 7) is 6.44. The van der Waals surface area contributed by atoms with Gasteiger partial charge >= 0.3 is 0 Å². The largest absolute Gasteiger partial charge is 0.381 e. The number of unbranched alkanes of at least 4 members (excludes halogenated alkanes) is 6. The normalized spacial score (nSPS) is 9.95. The van der Waals surface area contributed by atoms with Crippen molar-refractivity contribution < 1.29 is 4.74 Å². The van der Waals surface area contributed by atoms with Crippen LogP contribution in [0.2, 0.25) is 0 Å². The van der Waals surface area contributed by atoms with Crippen LogP contribution >= 0.6 is 15.9 Å². The zero-order chi connectivity index (χ0) is 14.9. The van der Waals surface area contributed by atoms with E-state index in [4.69, 9.17) is 4.74 Å². The maximum Gasteiger partial charge on any atom is 0.0466 e. The standard InChI is InChI=1S/C12H26O.C6H5Br/c1-3-5-7-9-11-13-12-10-8-6-4-2;7-6-4-2-1-3-5-6/h3-12H2,1-2H3;1-5H. The van der Waals surface area contributed by atoms with Crippen LogP contribution in [0.4, 0.5) is 0 Å². The molecule has 2 heteroatoms. The van der Waals surface area contributed by atoms with Crippen LogP contribution in [0.5, 0.6) is 0 Å². The van der Waals surface area contributed by atoms with Crippen molar-refractivity contribution in [3.63, 3.8) is 0 Å². The van der Waals surface area contributed by atoms with E-state index in [2.05, 4.69) is 29.8 Å². The smallest absolute Gasteiger partial charge is 0.0466 e. The van der Waals surface area contributed by atoms with Crippen molar-refractivity contribution in [3.05, 3.63) is 34.8 Å². The molecular weight excluding hydrogens is 312 g/mol. The molecule has 0 aliphatic carbocycles. The van der Waals surface area contributed by atoms with Crippen molar-refractivity contribution in [3.8, 4) is 0 Å². The Labute approximate surface area is 134 Å². The number of halogens is 1. The summed E-state index contributed by atoms with van der Waals surface area (Å²) in [4.78, 5) is 0. The van der Waals surface area contributed by atoms with Gasteiger partial charge in [0.05, 0.1) is 0 Å². The average molecular weight is 343 g/mol. The Bertz CT molecular complexity index is 264. The van der Waals surface area contributed by atoms with E-state index in [0.29, 0.717) is 0 Å². The average Bonchev–Trinajstić information content (AvgIpc) is 2.47. The van der Waals surface area contributed by atoms with E-state index in [9.17, 15) is 0 Å². The summed E-state index contributed by atoms with van der Waals surface area (Å²) >= 11 is 3.31. The molecule has 0 aliphatic heterocycles. The Morgan fingerprint density at radius 3 is 1.60 bits per heavy atom. The maximum atomic E-state index is 5.53. The number of hydrogen-bond donors (Lipinski definition) is 0. The van der Waals surface area contributed by atoms with Gasteiger partial charge in [0.2, 0.25) is 0 Å². The van der Waals surface area contributed by atoms with Crippen LogP contribution in [0.25, 0.3) is 0 Å². The minimum Gasteiger partial charge on any atom is -0.381 e. The quantitative estimate of drug-likeness (QED) is 0.434. The zero-order valence-corrected chi connectivity index (χ0v) is 14.8. The lowest BCUT2D eigenvalue weighted by atomic mass is 10.2. The first-order valence-electron chi connectivity index (χ1n) is 8.09. The number of rotatable bonds is 10. The first-order valence-corrected chi connectivity index (χ1v) is 8.88. The highest BCUT2D eigenvalue weighted by molar-refractivity contribution is 9.10. The van der Waals surface area contributed by atoms with E-state index >= 15 is 0 Å². The Morgan fingerprint density at radius 1 is 0.750 bits per heavy atom. The van der Waals surface area contributed by atoms with Gasteiger partial charge in [-0.3, -0.25) is 0 Å². The van der Waals surface area contributed by atoms with Crippen molar-refractivity contribution in [1.82, 2.24) is 0 Å². The first kappa shape index (κ1) is 19.7. The lowest BCUT2D eigenvalue weighted by molar-refractivity contribution is 0.126. The Kier molecular flexibility index (Phi) is 16.4. The molecule has 0 N–H and O–H groups in total. The fraction of sp³-hybridized carbons (Fsp3) is 0.667. The lowest BCUT2D eigenvalue weighted by Gasteiger charge is -2.03. The van der Waals surface area contributed by atoms with Crippen molar-refractivity contribution >= 4 is 15.9 Å². The van der Waals surface area contributed by atoms with Gasteiger partial charge in [0.15, 0.2) is 0 Å². The molecule has 0 bridgehead atoms. The predicted molar refractivity (Wildman–Crippen MR) is 93.2 cm³/mol. The van der Waals surface area contributed by atoms with Crippen LogP contribution in [0.15, 0.2) is 34.8 Å². The minimum absolute atomic E-state index is 0.978. The highest BCUT2D eigenvalue weighted by Gasteiger charge is 1.90. The SMILES string of the molecule is Brc1ccccc1.CCCCCCOCCCCCC. The molecule has 0 saturated heterocycles.